The van der Waals surface area contributed by atoms with Gasteiger partial charge in [0.15, 0.2) is 10.8 Å². The lowest BCUT2D eigenvalue weighted by molar-refractivity contribution is 1.08. The van der Waals surface area contributed by atoms with Crippen molar-refractivity contribution in [3.05, 3.63) is 12.2 Å². The van der Waals surface area contributed by atoms with Gasteiger partial charge in [0.25, 0.3) is 0 Å². The quantitative estimate of drug-likeness (QED) is 0.676. The summed E-state index contributed by atoms with van der Waals surface area (Å²) >= 11 is 1.31. The standard InChI is InChI=1S/C5H5N5S/c1-3-8-5(11-10-3)4-6-2-7-9-4/h2H,1H3,(H,6,7,9). The van der Waals surface area contributed by atoms with Crippen LogP contribution in [0.25, 0.3) is 10.8 Å². The number of aryl methyl sites for hydroxylation is 1. The Morgan fingerprint density at radius 3 is 3.00 bits per heavy atom. The number of hydrogen-bond acceptors (Lipinski definition) is 5. The van der Waals surface area contributed by atoms with Gasteiger partial charge in [-0.2, -0.15) is 4.37 Å². The fourth-order valence-corrected chi connectivity index (χ4v) is 1.32. The van der Waals surface area contributed by atoms with E-state index in [-0.39, 0.29) is 0 Å². The second-order valence-corrected chi connectivity index (χ2v) is 2.74. The first-order valence-corrected chi connectivity index (χ1v) is 3.80. The molecule has 11 heavy (non-hydrogen) atoms. The summed E-state index contributed by atoms with van der Waals surface area (Å²) in [5.74, 6) is 1.44. The Bertz CT molecular complexity index is 337. The molecule has 0 radical (unpaired) electrons. The highest BCUT2D eigenvalue weighted by molar-refractivity contribution is 7.09. The van der Waals surface area contributed by atoms with Crippen LogP contribution in [0.15, 0.2) is 6.33 Å². The fraction of sp³-hybridized carbons (Fsp3) is 0.200. The van der Waals surface area contributed by atoms with Gasteiger partial charge < -0.3 is 4.98 Å². The third-order valence-corrected chi connectivity index (χ3v) is 1.96. The number of nitrogens with one attached hydrogen (secondary N) is 1. The summed E-state index contributed by atoms with van der Waals surface area (Å²) in [5.41, 5.74) is 0. The maximum atomic E-state index is 4.13. The third-order valence-electron chi connectivity index (χ3n) is 1.15. The van der Waals surface area contributed by atoms with Crippen molar-refractivity contribution < 1.29 is 0 Å². The van der Waals surface area contributed by atoms with E-state index >= 15 is 0 Å². The number of rotatable bonds is 1. The molecule has 5 nitrogen and oxygen atoms in total. The average Bonchev–Trinajstić information content (AvgIpc) is 2.55. The van der Waals surface area contributed by atoms with Crippen molar-refractivity contribution in [1.82, 2.24) is 24.5 Å². The van der Waals surface area contributed by atoms with E-state index in [9.17, 15) is 0 Å². The summed E-state index contributed by atoms with van der Waals surface area (Å²) in [6.07, 6.45) is 1.52. The highest BCUT2D eigenvalue weighted by Crippen LogP contribution is 2.14. The van der Waals surface area contributed by atoms with Crippen LogP contribution in [0, 0.1) is 6.92 Å². The van der Waals surface area contributed by atoms with Crippen LogP contribution in [-0.2, 0) is 0 Å². The zero-order valence-electron chi connectivity index (χ0n) is 5.77. The summed E-state index contributed by atoms with van der Waals surface area (Å²) in [5, 5.41) is 8.22. The second kappa shape index (κ2) is 2.39. The summed E-state index contributed by atoms with van der Waals surface area (Å²) in [6.45, 7) is 1.84. The maximum absolute atomic E-state index is 4.13. The second-order valence-electron chi connectivity index (χ2n) is 1.98. The van der Waals surface area contributed by atoms with Crippen LogP contribution in [0.3, 0.4) is 0 Å². The van der Waals surface area contributed by atoms with Crippen LogP contribution in [-0.4, -0.2) is 24.5 Å². The zero-order valence-corrected chi connectivity index (χ0v) is 6.59. The normalized spacial score (nSPS) is 10.3. The molecule has 0 atom stereocenters. The van der Waals surface area contributed by atoms with Gasteiger partial charge in [-0.3, -0.25) is 0 Å². The van der Waals surface area contributed by atoms with Gasteiger partial charge in [-0.1, -0.05) is 0 Å². The minimum Gasteiger partial charge on any atom is -0.325 e. The van der Waals surface area contributed by atoms with Crippen molar-refractivity contribution in [1.29, 1.82) is 0 Å². The minimum atomic E-state index is 0.676. The van der Waals surface area contributed by atoms with Gasteiger partial charge in [-0.25, -0.2) is 4.98 Å². The zero-order chi connectivity index (χ0) is 7.68. The van der Waals surface area contributed by atoms with Crippen LogP contribution < -0.4 is 0 Å². The van der Waals surface area contributed by atoms with Crippen LogP contribution in [0.5, 0.6) is 0 Å². The molecule has 0 spiro atoms. The molecule has 2 heterocycles. The molecule has 6 heteroatoms. The van der Waals surface area contributed by atoms with Gasteiger partial charge in [0.05, 0.1) is 0 Å². The molecule has 2 aromatic rings. The molecule has 2 aromatic heterocycles. The number of nitrogens with zero attached hydrogens (tertiary/aromatic N) is 4. The molecule has 0 amide bonds. The van der Waals surface area contributed by atoms with E-state index in [4.69, 9.17) is 0 Å². The van der Waals surface area contributed by atoms with E-state index in [0.29, 0.717) is 5.82 Å². The first kappa shape index (κ1) is 6.41. The van der Waals surface area contributed by atoms with Gasteiger partial charge in [0, 0.05) is 0 Å². The van der Waals surface area contributed by atoms with E-state index in [2.05, 4.69) is 24.5 Å². The lowest BCUT2D eigenvalue weighted by Gasteiger charge is -1.80. The largest absolute Gasteiger partial charge is 0.325 e. The van der Waals surface area contributed by atoms with E-state index in [1.807, 2.05) is 6.92 Å². The Kier molecular flexibility index (Phi) is 1.39. The van der Waals surface area contributed by atoms with Gasteiger partial charge >= 0.3 is 0 Å². The maximum Gasteiger partial charge on any atom is 0.191 e. The van der Waals surface area contributed by atoms with Crippen molar-refractivity contribution in [2.45, 2.75) is 6.92 Å². The number of aromatic amines is 1. The first-order chi connectivity index (χ1) is 5.36. The summed E-state index contributed by atoms with van der Waals surface area (Å²) < 4.78 is 4.02. The lowest BCUT2D eigenvalue weighted by Crippen LogP contribution is -1.79. The number of hydrogen-bond donors (Lipinski definition) is 1. The van der Waals surface area contributed by atoms with Crippen molar-refractivity contribution >= 4 is 11.5 Å². The van der Waals surface area contributed by atoms with Crippen LogP contribution in [0.2, 0.25) is 0 Å². The molecule has 0 aromatic carbocycles. The number of aromatic nitrogens is 5. The van der Waals surface area contributed by atoms with E-state index in [0.717, 1.165) is 10.8 Å². The summed E-state index contributed by atoms with van der Waals surface area (Å²) in [6, 6.07) is 0. The Hall–Kier alpha value is -1.30. The highest BCUT2D eigenvalue weighted by Gasteiger charge is 2.05. The van der Waals surface area contributed by atoms with E-state index in [1.54, 1.807) is 0 Å². The fourth-order valence-electron chi connectivity index (χ4n) is 0.703. The molecular weight excluding hydrogens is 162 g/mol. The third kappa shape index (κ3) is 1.12. The van der Waals surface area contributed by atoms with Crippen molar-refractivity contribution in [3.8, 4) is 10.8 Å². The Morgan fingerprint density at radius 2 is 2.45 bits per heavy atom. The van der Waals surface area contributed by atoms with E-state index < -0.39 is 0 Å². The van der Waals surface area contributed by atoms with E-state index in [1.165, 1.54) is 17.9 Å². The topological polar surface area (TPSA) is 67.3 Å². The Labute approximate surface area is 66.7 Å². The molecule has 0 aliphatic rings. The average molecular weight is 167 g/mol. The van der Waals surface area contributed by atoms with Crippen LogP contribution >= 0.6 is 11.5 Å². The predicted molar refractivity (Wildman–Crippen MR) is 40.0 cm³/mol. The Morgan fingerprint density at radius 1 is 1.55 bits per heavy atom. The van der Waals surface area contributed by atoms with Crippen molar-refractivity contribution in [2.24, 2.45) is 0 Å². The molecule has 1 N–H and O–H groups in total. The molecule has 0 aliphatic heterocycles. The minimum absolute atomic E-state index is 0.676. The van der Waals surface area contributed by atoms with Gasteiger partial charge in [-0.15, -0.1) is 10.2 Å². The lowest BCUT2D eigenvalue weighted by atomic mass is 10.6. The Balaban J connectivity index is 2.45. The summed E-state index contributed by atoms with van der Waals surface area (Å²) in [7, 11) is 0. The molecule has 2 rings (SSSR count). The smallest absolute Gasteiger partial charge is 0.191 e. The molecule has 0 fully saturated rings. The van der Waals surface area contributed by atoms with Crippen LogP contribution in [0.4, 0.5) is 0 Å². The molecule has 0 unspecified atom stereocenters. The SMILES string of the molecule is Cc1nsc(-c2nnc[nH]2)n1. The number of H-pyrrole nitrogens is 1. The van der Waals surface area contributed by atoms with Crippen LogP contribution in [0.1, 0.15) is 5.82 Å². The molecule has 0 bridgehead atoms. The summed E-state index contributed by atoms with van der Waals surface area (Å²) in [4.78, 5) is 6.98. The van der Waals surface area contributed by atoms with Gasteiger partial charge in [0.1, 0.15) is 12.2 Å². The molecular formula is C5H5N5S. The molecule has 0 saturated heterocycles. The van der Waals surface area contributed by atoms with Gasteiger partial charge in [0.2, 0.25) is 0 Å². The highest BCUT2D eigenvalue weighted by atomic mass is 32.1. The first-order valence-electron chi connectivity index (χ1n) is 3.03. The molecule has 0 saturated carbocycles. The molecule has 56 valence electrons. The van der Waals surface area contributed by atoms with Crippen molar-refractivity contribution in [2.75, 3.05) is 0 Å². The van der Waals surface area contributed by atoms with Gasteiger partial charge in [-0.05, 0) is 18.5 Å². The molecule has 0 aliphatic carbocycles. The predicted octanol–water partition coefficient (Wildman–Crippen LogP) is 0.632. The van der Waals surface area contributed by atoms with Crippen molar-refractivity contribution in [3.63, 3.8) is 0 Å². The monoisotopic (exact) mass is 167 g/mol.